The Hall–Kier alpha value is -1.37. The summed E-state index contributed by atoms with van der Waals surface area (Å²) in [5, 5.41) is 11.3. The lowest BCUT2D eigenvalue weighted by molar-refractivity contribution is -0.141. The third-order valence-corrected chi connectivity index (χ3v) is 1.88. The van der Waals surface area contributed by atoms with Crippen LogP contribution in [0.25, 0.3) is 0 Å². The molecule has 1 aromatic rings. The van der Waals surface area contributed by atoms with E-state index < -0.39 is 11.9 Å². The summed E-state index contributed by atoms with van der Waals surface area (Å²) >= 11 is 0. The van der Waals surface area contributed by atoms with Gasteiger partial charge in [-0.05, 0) is 19.4 Å². The van der Waals surface area contributed by atoms with E-state index in [9.17, 15) is 13.2 Å². The van der Waals surface area contributed by atoms with E-state index in [4.69, 9.17) is 5.11 Å². The molecule has 0 fully saturated rings. The van der Waals surface area contributed by atoms with E-state index in [1.165, 1.54) is 0 Å². The largest absolute Gasteiger partial charge is 0.433 e. The van der Waals surface area contributed by atoms with Gasteiger partial charge in [0.15, 0.2) is 0 Å². The highest BCUT2D eigenvalue weighted by molar-refractivity contribution is 5.27. The van der Waals surface area contributed by atoms with Gasteiger partial charge in [0.25, 0.3) is 0 Å². The molecule has 2 N–H and O–H groups in total. The molecule has 0 spiro atoms. The van der Waals surface area contributed by atoms with E-state index in [0.29, 0.717) is 6.42 Å². The van der Waals surface area contributed by atoms with Gasteiger partial charge >= 0.3 is 6.18 Å². The summed E-state index contributed by atoms with van der Waals surface area (Å²) in [5.74, 6) is -0.0872. The maximum atomic E-state index is 12.3. The molecule has 1 heterocycles. The molecule has 0 saturated heterocycles. The highest BCUT2D eigenvalue weighted by Crippen LogP contribution is 2.27. The molecule has 0 saturated carbocycles. The fraction of sp³-hybridized carbons (Fsp3) is 0.556. The van der Waals surface area contributed by atoms with Crippen molar-refractivity contribution in [2.75, 3.05) is 11.9 Å². The molecule has 0 bridgehead atoms. The number of hydrogen-bond donors (Lipinski definition) is 2. The van der Waals surface area contributed by atoms with Crippen LogP contribution >= 0.6 is 0 Å². The van der Waals surface area contributed by atoms with Crippen LogP contribution in [0.2, 0.25) is 0 Å². The monoisotopic (exact) mass is 235 g/mol. The van der Waals surface area contributed by atoms with Crippen LogP contribution in [0.4, 0.5) is 19.1 Å². The maximum Gasteiger partial charge on any atom is 0.433 e. The second-order valence-electron chi connectivity index (χ2n) is 3.32. The lowest BCUT2D eigenvalue weighted by Gasteiger charge is -2.13. The van der Waals surface area contributed by atoms with Crippen LogP contribution in [-0.2, 0) is 6.18 Å². The average Bonchev–Trinajstić information content (AvgIpc) is 2.17. The number of nitrogens with one attached hydrogen (secondary N) is 1. The van der Waals surface area contributed by atoms with Crippen LogP contribution in [0.1, 0.15) is 19.0 Å². The zero-order chi connectivity index (χ0) is 12.2. The van der Waals surface area contributed by atoms with Crippen LogP contribution in [0.3, 0.4) is 0 Å². The Kier molecular flexibility index (Phi) is 4.05. The molecule has 90 valence electrons. The first kappa shape index (κ1) is 12.7. The Labute approximate surface area is 90.5 Å². The van der Waals surface area contributed by atoms with Crippen molar-refractivity contribution in [1.82, 2.24) is 9.97 Å². The molecule has 0 radical (unpaired) electrons. The first-order valence-corrected chi connectivity index (χ1v) is 4.71. The van der Waals surface area contributed by atoms with E-state index in [1.807, 2.05) is 0 Å². The summed E-state index contributed by atoms with van der Waals surface area (Å²) in [7, 11) is 0. The molecule has 0 aliphatic heterocycles. The summed E-state index contributed by atoms with van der Waals surface area (Å²) in [5.41, 5.74) is -0.985. The molecule has 1 unspecified atom stereocenters. The molecule has 4 nitrogen and oxygen atoms in total. The van der Waals surface area contributed by atoms with E-state index in [2.05, 4.69) is 15.3 Å². The minimum Gasteiger partial charge on any atom is -0.396 e. The van der Waals surface area contributed by atoms with Gasteiger partial charge in [-0.3, -0.25) is 0 Å². The minimum absolute atomic E-state index is 0.0485. The SMILES string of the molecule is CC(CCO)Nc1nccc(C(F)(F)F)n1. The highest BCUT2D eigenvalue weighted by Gasteiger charge is 2.32. The molecule has 1 aromatic heterocycles. The van der Waals surface area contributed by atoms with E-state index in [-0.39, 0.29) is 18.6 Å². The molecular formula is C9H12F3N3O. The Morgan fingerprint density at radius 1 is 1.50 bits per heavy atom. The Morgan fingerprint density at radius 2 is 2.19 bits per heavy atom. The molecule has 0 aliphatic rings. The second kappa shape index (κ2) is 5.11. The van der Waals surface area contributed by atoms with Crippen molar-refractivity contribution < 1.29 is 18.3 Å². The van der Waals surface area contributed by atoms with E-state index >= 15 is 0 Å². The van der Waals surface area contributed by atoms with Crippen molar-refractivity contribution in [3.05, 3.63) is 18.0 Å². The van der Waals surface area contributed by atoms with Gasteiger partial charge in [-0.2, -0.15) is 13.2 Å². The molecule has 1 atom stereocenters. The van der Waals surface area contributed by atoms with Gasteiger partial charge in [0.1, 0.15) is 5.69 Å². The molecule has 0 amide bonds. The van der Waals surface area contributed by atoms with Gasteiger partial charge in [-0.25, -0.2) is 9.97 Å². The van der Waals surface area contributed by atoms with Gasteiger partial charge in [0.2, 0.25) is 5.95 Å². The number of aliphatic hydroxyl groups is 1. The van der Waals surface area contributed by atoms with Crippen molar-refractivity contribution in [1.29, 1.82) is 0 Å². The van der Waals surface area contributed by atoms with Crippen molar-refractivity contribution >= 4 is 5.95 Å². The Morgan fingerprint density at radius 3 is 2.75 bits per heavy atom. The first-order chi connectivity index (χ1) is 7.43. The fourth-order valence-corrected chi connectivity index (χ4v) is 1.07. The zero-order valence-corrected chi connectivity index (χ0v) is 8.62. The lowest BCUT2D eigenvalue weighted by atomic mass is 10.2. The van der Waals surface area contributed by atoms with Crippen molar-refractivity contribution in [2.24, 2.45) is 0 Å². The smallest absolute Gasteiger partial charge is 0.396 e. The number of halogens is 3. The number of aromatic nitrogens is 2. The number of rotatable bonds is 4. The van der Waals surface area contributed by atoms with E-state index in [0.717, 1.165) is 12.3 Å². The summed E-state index contributed by atoms with van der Waals surface area (Å²) < 4.78 is 36.9. The van der Waals surface area contributed by atoms with Gasteiger partial charge < -0.3 is 10.4 Å². The normalized spacial score (nSPS) is 13.6. The van der Waals surface area contributed by atoms with Crippen molar-refractivity contribution in [3.8, 4) is 0 Å². The fourth-order valence-electron chi connectivity index (χ4n) is 1.07. The van der Waals surface area contributed by atoms with Gasteiger partial charge in [0.05, 0.1) is 0 Å². The number of nitrogens with zero attached hydrogens (tertiary/aromatic N) is 2. The van der Waals surface area contributed by atoms with E-state index in [1.54, 1.807) is 6.92 Å². The van der Waals surface area contributed by atoms with Crippen LogP contribution in [0.15, 0.2) is 12.3 Å². The summed E-state index contributed by atoms with van der Waals surface area (Å²) in [6.45, 7) is 1.67. The first-order valence-electron chi connectivity index (χ1n) is 4.71. The number of alkyl halides is 3. The second-order valence-corrected chi connectivity index (χ2v) is 3.32. The van der Waals surface area contributed by atoms with Gasteiger partial charge in [-0.1, -0.05) is 0 Å². The van der Waals surface area contributed by atoms with Crippen molar-refractivity contribution in [3.63, 3.8) is 0 Å². The molecule has 0 aliphatic carbocycles. The molecule has 7 heteroatoms. The third kappa shape index (κ3) is 3.65. The predicted octanol–water partition coefficient (Wildman–Crippen LogP) is 1.68. The number of anilines is 1. The third-order valence-electron chi connectivity index (χ3n) is 1.88. The molecular weight excluding hydrogens is 223 g/mol. The van der Waals surface area contributed by atoms with Crippen LogP contribution in [-0.4, -0.2) is 27.7 Å². The molecule has 0 aromatic carbocycles. The summed E-state index contributed by atoms with van der Waals surface area (Å²) in [6.07, 6.45) is -3.01. The Balaban J connectivity index is 2.75. The van der Waals surface area contributed by atoms with Gasteiger partial charge in [0, 0.05) is 18.8 Å². The van der Waals surface area contributed by atoms with Crippen LogP contribution in [0.5, 0.6) is 0 Å². The summed E-state index contributed by atoms with van der Waals surface area (Å²) in [4.78, 5) is 7.01. The van der Waals surface area contributed by atoms with Crippen molar-refractivity contribution in [2.45, 2.75) is 25.6 Å². The zero-order valence-electron chi connectivity index (χ0n) is 8.62. The average molecular weight is 235 g/mol. The molecule has 1 rings (SSSR count). The van der Waals surface area contributed by atoms with Crippen LogP contribution < -0.4 is 5.32 Å². The summed E-state index contributed by atoms with van der Waals surface area (Å²) in [6, 6.07) is 0.621. The minimum atomic E-state index is -4.47. The lowest BCUT2D eigenvalue weighted by Crippen LogP contribution is -2.19. The van der Waals surface area contributed by atoms with Crippen LogP contribution in [0, 0.1) is 0 Å². The quantitative estimate of drug-likeness (QED) is 0.833. The topological polar surface area (TPSA) is 58.0 Å². The predicted molar refractivity (Wildman–Crippen MR) is 51.8 cm³/mol. The maximum absolute atomic E-state index is 12.3. The van der Waals surface area contributed by atoms with Gasteiger partial charge in [-0.15, -0.1) is 0 Å². The Bertz CT molecular complexity index is 343. The number of hydrogen-bond acceptors (Lipinski definition) is 4. The molecule has 16 heavy (non-hydrogen) atoms. The standard InChI is InChI=1S/C9H12F3N3O/c1-6(3-5-16)14-8-13-4-2-7(15-8)9(10,11)12/h2,4,6,16H,3,5H2,1H3,(H,13,14,15). The number of aliphatic hydroxyl groups excluding tert-OH is 1. The highest BCUT2D eigenvalue weighted by atomic mass is 19.4.